The molecule has 2 N–H and O–H groups in total. The van der Waals surface area contributed by atoms with Crippen LogP contribution in [0.1, 0.15) is 19.8 Å². The Kier molecular flexibility index (Phi) is 3.08. The molecule has 0 bridgehead atoms. The zero-order valence-electron chi connectivity index (χ0n) is 7.22. The highest BCUT2D eigenvalue weighted by Crippen LogP contribution is 2.10. The molecular weight excluding hydrogens is 156 g/mol. The summed E-state index contributed by atoms with van der Waals surface area (Å²) in [6.45, 7) is 3.03. The maximum atomic E-state index is 11.2. The van der Waals surface area contributed by atoms with Gasteiger partial charge in [0.1, 0.15) is 0 Å². The first-order valence-electron chi connectivity index (χ1n) is 4.28. The summed E-state index contributed by atoms with van der Waals surface area (Å²) < 4.78 is 0. The molecule has 1 fully saturated rings. The Morgan fingerprint density at radius 2 is 2.50 bits per heavy atom. The van der Waals surface area contributed by atoms with Gasteiger partial charge in [-0.3, -0.25) is 9.59 Å². The van der Waals surface area contributed by atoms with Crippen molar-refractivity contribution < 1.29 is 9.59 Å². The second kappa shape index (κ2) is 4.09. The molecule has 4 heteroatoms. The third kappa shape index (κ3) is 2.22. The van der Waals surface area contributed by atoms with Gasteiger partial charge in [0.25, 0.3) is 0 Å². The van der Waals surface area contributed by atoms with E-state index in [9.17, 15) is 9.59 Å². The summed E-state index contributed by atoms with van der Waals surface area (Å²) in [6, 6.07) is 0. The van der Waals surface area contributed by atoms with Crippen LogP contribution in [-0.2, 0) is 9.59 Å². The Hall–Kier alpha value is -1.06. The number of hydrogen-bond donors (Lipinski definition) is 2. The minimum Gasteiger partial charge on any atom is -0.356 e. The molecule has 1 aliphatic rings. The van der Waals surface area contributed by atoms with E-state index < -0.39 is 0 Å². The van der Waals surface area contributed by atoms with Gasteiger partial charge in [0.05, 0.1) is 5.92 Å². The summed E-state index contributed by atoms with van der Waals surface area (Å²) in [6.07, 6.45) is 1.15. The highest BCUT2D eigenvalue weighted by molar-refractivity contribution is 5.83. The molecule has 0 aromatic rings. The van der Waals surface area contributed by atoms with Crippen LogP contribution in [0.3, 0.4) is 0 Å². The van der Waals surface area contributed by atoms with Crippen LogP contribution in [0.25, 0.3) is 0 Å². The molecule has 1 rings (SSSR count). The highest BCUT2D eigenvalue weighted by atomic mass is 16.2. The van der Waals surface area contributed by atoms with E-state index in [-0.39, 0.29) is 17.7 Å². The fraction of sp³-hybridized carbons (Fsp3) is 0.750. The molecule has 0 aliphatic carbocycles. The van der Waals surface area contributed by atoms with Gasteiger partial charge in [0.15, 0.2) is 0 Å². The van der Waals surface area contributed by atoms with Gasteiger partial charge in [-0.2, -0.15) is 0 Å². The monoisotopic (exact) mass is 170 g/mol. The van der Waals surface area contributed by atoms with E-state index in [2.05, 4.69) is 10.6 Å². The Labute approximate surface area is 71.7 Å². The fourth-order valence-electron chi connectivity index (χ4n) is 1.28. The van der Waals surface area contributed by atoms with E-state index in [0.717, 1.165) is 0 Å². The highest BCUT2D eigenvalue weighted by Gasteiger charge is 2.23. The van der Waals surface area contributed by atoms with Crippen LogP contribution in [-0.4, -0.2) is 24.9 Å². The fourth-order valence-corrected chi connectivity index (χ4v) is 1.28. The van der Waals surface area contributed by atoms with Crippen LogP contribution in [0.2, 0.25) is 0 Å². The van der Waals surface area contributed by atoms with E-state index in [1.54, 1.807) is 0 Å². The van der Waals surface area contributed by atoms with Gasteiger partial charge >= 0.3 is 0 Å². The van der Waals surface area contributed by atoms with E-state index >= 15 is 0 Å². The lowest BCUT2D eigenvalue weighted by Gasteiger charge is -2.21. The molecule has 1 aliphatic heterocycles. The van der Waals surface area contributed by atoms with Crippen molar-refractivity contribution in [2.75, 3.05) is 13.1 Å². The first-order chi connectivity index (χ1) is 5.74. The third-order valence-corrected chi connectivity index (χ3v) is 1.99. The normalized spacial score (nSPS) is 23.1. The van der Waals surface area contributed by atoms with Crippen molar-refractivity contribution in [3.8, 4) is 0 Å². The van der Waals surface area contributed by atoms with Crippen molar-refractivity contribution in [3.63, 3.8) is 0 Å². The lowest BCUT2D eigenvalue weighted by molar-refractivity contribution is -0.128. The molecule has 1 heterocycles. The maximum absolute atomic E-state index is 11.2. The Balaban J connectivity index is 2.33. The van der Waals surface area contributed by atoms with Gasteiger partial charge in [0.2, 0.25) is 11.8 Å². The molecule has 12 heavy (non-hydrogen) atoms. The van der Waals surface area contributed by atoms with Crippen molar-refractivity contribution in [2.24, 2.45) is 5.92 Å². The summed E-state index contributed by atoms with van der Waals surface area (Å²) in [5.74, 6) is 0.0794. The lowest BCUT2D eigenvalue weighted by atomic mass is 9.98. The van der Waals surface area contributed by atoms with Crippen molar-refractivity contribution in [1.82, 2.24) is 10.6 Å². The Morgan fingerprint density at radius 3 is 3.00 bits per heavy atom. The van der Waals surface area contributed by atoms with Crippen molar-refractivity contribution in [2.45, 2.75) is 19.8 Å². The molecule has 0 radical (unpaired) electrons. The summed E-state index contributed by atoms with van der Waals surface area (Å²) in [7, 11) is 0. The third-order valence-electron chi connectivity index (χ3n) is 1.99. The number of amides is 2. The van der Waals surface area contributed by atoms with Gasteiger partial charge in [-0.15, -0.1) is 0 Å². The van der Waals surface area contributed by atoms with E-state index in [4.69, 9.17) is 0 Å². The van der Waals surface area contributed by atoms with Gasteiger partial charge in [-0.25, -0.2) is 0 Å². The standard InChI is InChI=1S/C8H14N2O2/c1-2-9-8(12)6-3-4-7(11)10-5-6/h6H,2-5H2,1H3,(H,9,12)(H,10,11). The lowest BCUT2D eigenvalue weighted by Crippen LogP contribution is -2.42. The largest absolute Gasteiger partial charge is 0.356 e. The summed E-state index contributed by atoms with van der Waals surface area (Å²) >= 11 is 0. The van der Waals surface area contributed by atoms with Crippen molar-refractivity contribution in [1.29, 1.82) is 0 Å². The van der Waals surface area contributed by atoms with Crippen molar-refractivity contribution >= 4 is 11.8 Å². The average molecular weight is 170 g/mol. The summed E-state index contributed by atoms with van der Waals surface area (Å²) in [4.78, 5) is 22.0. The van der Waals surface area contributed by atoms with Gasteiger partial charge < -0.3 is 10.6 Å². The molecule has 68 valence electrons. The van der Waals surface area contributed by atoms with E-state index in [1.807, 2.05) is 6.92 Å². The maximum Gasteiger partial charge on any atom is 0.224 e. The Morgan fingerprint density at radius 1 is 1.75 bits per heavy atom. The SMILES string of the molecule is CCNC(=O)C1CCC(=O)NC1. The molecule has 0 aromatic carbocycles. The van der Waals surface area contributed by atoms with Crippen LogP contribution in [0, 0.1) is 5.92 Å². The zero-order chi connectivity index (χ0) is 8.97. The topological polar surface area (TPSA) is 58.2 Å². The molecule has 0 spiro atoms. The summed E-state index contributed by atoms with van der Waals surface area (Å²) in [5, 5.41) is 5.41. The first-order valence-corrected chi connectivity index (χ1v) is 4.28. The van der Waals surface area contributed by atoms with Gasteiger partial charge in [-0.1, -0.05) is 0 Å². The van der Waals surface area contributed by atoms with Crippen molar-refractivity contribution in [3.05, 3.63) is 0 Å². The van der Waals surface area contributed by atoms with Crippen LogP contribution in [0.5, 0.6) is 0 Å². The second-order valence-electron chi connectivity index (χ2n) is 2.93. The molecular formula is C8H14N2O2. The molecule has 0 aromatic heterocycles. The molecule has 0 saturated carbocycles. The van der Waals surface area contributed by atoms with E-state index in [1.165, 1.54) is 0 Å². The molecule has 1 saturated heterocycles. The number of piperidine rings is 1. The molecule has 4 nitrogen and oxygen atoms in total. The number of rotatable bonds is 2. The number of carbonyl (C=O) groups excluding carboxylic acids is 2. The van der Waals surface area contributed by atoms with Crippen LogP contribution in [0.4, 0.5) is 0 Å². The van der Waals surface area contributed by atoms with Gasteiger partial charge in [0, 0.05) is 19.5 Å². The van der Waals surface area contributed by atoms with Gasteiger partial charge in [-0.05, 0) is 13.3 Å². The second-order valence-corrected chi connectivity index (χ2v) is 2.93. The Bertz CT molecular complexity index is 181. The minimum absolute atomic E-state index is 0.0253. The van der Waals surface area contributed by atoms with Crippen LogP contribution in [0.15, 0.2) is 0 Å². The summed E-state index contributed by atoms with van der Waals surface area (Å²) in [5.41, 5.74) is 0. The molecule has 2 amide bonds. The predicted molar refractivity (Wildman–Crippen MR) is 44.4 cm³/mol. The predicted octanol–water partition coefficient (Wildman–Crippen LogP) is -0.351. The number of hydrogen-bond acceptors (Lipinski definition) is 2. The molecule has 1 atom stereocenters. The quantitative estimate of drug-likeness (QED) is 0.595. The minimum atomic E-state index is -0.0253. The number of carbonyl (C=O) groups is 2. The zero-order valence-corrected chi connectivity index (χ0v) is 7.22. The smallest absolute Gasteiger partial charge is 0.224 e. The molecule has 1 unspecified atom stereocenters. The number of nitrogens with one attached hydrogen (secondary N) is 2. The van der Waals surface area contributed by atoms with Crippen LogP contribution >= 0.6 is 0 Å². The van der Waals surface area contributed by atoms with E-state index in [0.29, 0.717) is 25.9 Å². The first kappa shape index (κ1) is 9.03. The average Bonchev–Trinajstić information content (AvgIpc) is 2.06. The van der Waals surface area contributed by atoms with Crippen LogP contribution < -0.4 is 10.6 Å².